The lowest BCUT2D eigenvalue weighted by molar-refractivity contribution is -0.135. The van der Waals surface area contributed by atoms with E-state index < -0.39 is 6.04 Å². The second kappa shape index (κ2) is 17.0. The minimum absolute atomic E-state index is 0.165. The van der Waals surface area contributed by atoms with E-state index in [1.165, 1.54) is 49.8 Å². The fourth-order valence-corrected chi connectivity index (χ4v) is 8.37. The van der Waals surface area contributed by atoms with E-state index in [4.69, 9.17) is 5.73 Å². The molecule has 2 fully saturated rings. The number of rotatable bonds is 14. The molecule has 1 atom stereocenters. The van der Waals surface area contributed by atoms with Gasteiger partial charge >= 0.3 is 0 Å². The first-order valence-corrected chi connectivity index (χ1v) is 20.1. The molecule has 0 aliphatic carbocycles. The van der Waals surface area contributed by atoms with Crippen LogP contribution in [0.4, 0.5) is 5.82 Å². The summed E-state index contributed by atoms with van der Waals surface area (Å²) in [6.07, 6.45) is 11.1. The SMILES string of the molecule is Nc1nnc(-c2ccccc2O)cc1-c1ccc(CN2CCN(CCCCCCCCc3ccc4c(c3)c3cccnc3n4C3CCC(=O)NC3=O)CC2)cc1. The summed E-state index contributed by atoms with van der Waals surface area (Å²) >= 11 is 0. The van der Waals surface area contributed by atoms with Crippen molar-refractivity contribution in [1.29, 1.82) is 0 Å². The Kier molecular flexibility index (Phi) is 11.3. The van der Waals surface area contributed by atoms with Crippen LogP contribution in [0.25, 0.3) is 44.3 Å². The molecule has 8 rings (SSSR count). The zero-order chi connectivity index (χ0) is 38.4. The number of amides is 2. The number of nitrogen functional groups attached to an aromatic ring is 1. The summed E-state index contributed by atoms with van der Waals surface area (Å²) in [6.45, 7) is 6.48. The highest BCUT2D eigenvalue weighted by molar-refractivity contribution is 6.09. The van der Waals surface area contributed by atoms with Gasteiger partial charge < -0.3 is 20.3 Å². The maximum atomic E-state index is 12.8. The van der Waals surface area contributed by atoms with Crippen molar-refractivity contribution in [3.8, 4) is 28.1 Å². The number of hydrogen-bond donors (Lipinski definition) is 3. The molecule has 2 saturated heterocycles. The predicted molar refractivity (Wildman–Crippen MR) is 221 cm³/mol. The number of unbranched alkanes of at least 4 members (excludes halogenated alkanes) is 5. The van der Waals surface area contributed by atoms with Gasteiger partial charge in [0.25, 0.3) is 0 Å². The lowest BCUT2D eigenvalue weighted by Gasteiger charge is -2.34. The molecule has 0 spiro atoms. The number of aryl methyl sites for hydroxylation is 1. The Morgan fingerprint density at radius 2 is 1.50 bits per heavy atom. The molecule has 2 amide bonds. The number of phenols is 1. The molecule has 0 radical (unpaired) electrons. The van der Waals surface area contributed by atoms with Gasteiger partial charge in [-0.05, 0) is 91.4 Å². The number of carbonyl (C=O) groups is 2. The average Bonchev–Trinajstić information content (AvgIpc) is 3.54. The number of para-hydroxylation sites is 1. The number of imide groups is 1. The van der Waals surface area contributed by atoms with Gasteiger partial charge in [0, 0.05) is 67.2 Å². The van der Waals surface area contributed by atoms with Crippen molar-refractivity contribution in [3.63, 3.8) is 0 Å². The molecule has 288 valence electrons. The van der Waals surface area contributed by atoms with Crippen LogP contribution in [0, 0.1) is 0 Å². The van der Waals surface area contributed by atoms with Gasteiger partial charge in [-0.3, -0.25) is 19.8 Å². The summed E-state index contributed by atoms with van der Waals surface area (Å²) in [4.78, 5) is 34.3. The van der Waals surface area contributed by atoms with E-state index >= 15 is 0 Å². The molecule has 3 aromatic heterocycles. The van der Waals surface area contributed by atoms with Crippen LogP contribution in [0.1, 0.15) is 68.5 Å². The fourth-order valence-electron chi connectivity index (χ4n) is 8.37. The number of carbonyl (C=O) groups excluding carboxylic acids is 2. The first-order valence-electron chi connectivity index (χ1n) is 20.1. The van der Waals surface area contributed by atoms with Crippen molar-refractivity contribution < 1.29 is 14.7 Å². The van der Waals surface area contributed by atoms with Gasteiger partial charge in [0.05, 0.1) is 11.2 Å². The number of phenolic OH excluding ortho intramolecular Hbond substituents is 1. The largest absolute Gasteiger partial charge is 0.507 e. The molecule has 2 aliphatic heterocycles. The molecule has 3 aromatic carbocycles. The molecular formula is C45H50N8O3. The Balaban J connectivity index is 0.737. The molecule has 2 aliphatic rings. The highest BCUT2D eigenvalue weighted by Crippen LogP contribution is 2.35. The molecule has 1 unspecified atom stereocenters. The van der Waals surface area contributed by atoms with Crippen molar-refractivity contribution in [3.05, 3.63) is 102 Å². The number of nitrogens with one attached hydrogen (secondary N) is 1. The Morgan fingerprint density at radius 3 is 2.30 bits per heavy atom. The Hall–Kier alpha value is -5.65. The third-order valence-electron chi connectivity index (χ3n) is 11.5. The number of pyridine rings is 1. The van der Waals surface area contributed by atoms with Gasteiger partial charge in [0.2, 0.25) is 11.8 Å². The van der Waals surface area contributed by atoms with Crippen LogP contribution in [0.15, 0.2) is 91.1 Å². The van der Waals surface area contributed by atoms with Crippen LogP contribution < -0.4 is 11.1 Å². The van der Waals surface area contributed by atoms with Crippen molar-refractivity contribution in [2.24, 2.45) is 0 Å². The minimum atomic E-state index is -0.430. The zero-order valence-electron chi connectivity index (χ0n) is 31.9. The highest BCUT2D eigenvalue weighted by atomic mass is 16.3. The Morgan fingerprint density at radius 1 is 0.750 bits per heavy atom. The number of aromatic nitrogens is 4. The van der Waals surface area contributed by atoms with Crippen LogP contribution in [-0.2, 0) is 22.6 Å². The number of piperazine rings is 1. The molecule has 0 saturated carbocycles. The van der Waals surface area contributed by atoms with Crippen molar-refractivity contribution >= 4 is 39.6 Å². The molecule has 4 N–H and O–H groups in total. The fraction of sp³-hybridized carbons (Fsp3) is 0.356. The van der Waals surface area contributed by atoms with Gasteiger partial charge in [0.1, 0.15) is 17.4 Å². The predicted octanol–water partition coefficient (Wildman–Crippen LogP) is 7.28. The number of hydrogen-bond acceptors (Lipinski definition) is 9. The van der Waals surface area contributed by atoms with Crippen LogP contribution in [0.3, 0.4) is 0 Å². The Bertz CT molecular complexity index is 2330. The van der Waals surface area contributed by atoms with Crippen LogP contribution in [0.5, 0.6) is 5.75 Å². The third kappa shape index (κ3) is 8.29. The summed E-state index contributed by atoms with van der Waals surface area (Å²) in [5, 5.41) is 23.3. The molecule has 11 nitrogen and oxygen atoms in total. The van der Waals surface area contributed by atoms with E-state index in [2.05, 4.69) is 78.8 Å². The lowest BCUT2D eigenvalue weighted by atomic mass is 10.0. The topological polar surface area (TPSA) is 142 Å². The number of nitrogens with zero attached hydrogens (tertiary/aromatic N) is 6. The number of anilines is 1. The Labute approximate surface area is 327 Å². The van der Waals surface area contributed by atoms with E-state index in [9.17, 15) is 14.7 Å². The summed E-state index contributed by atoms with van der Waals surface area (Å²) in [5.74, 6) is 0.0804. The first kappa shape index (κ1) is 37.3. The number of piperidine rings is 1. The zero-order valence-corrected chi connectivity index (χ0v) is 31.9. The lowest BCUT2D eigenvalue weighted by Crippen LogP contribution is -2.46. The monoisotopic (exact) mass is 750 g/mol. The van der Waals surface area contributed by atoms with Crippen molar-refractivity contribution in [2.75, 3.05) is 38.5 Å². The quantitative estimate of drug-likeness (QED) is 0.0774. The standard InChI is InChI=1S/C45H50N8O3/c46-43-36(29-38(49-50-43)35-11-6-7-13-41(35)54)33-17-14-32(15-18-33)30-52-26-24-51(25-27-52)23-8-4-2-1-3-5-10-31-16-19-39-37(28-31)34-12-9-22-47-44(34)53(39)40-20-21-42(55)48-45(40)56/h6-7,9,11-19,22,28-29,40,54H,1-5,8,10,20-21,23-27,30H2,(H2,46,50)(H,48,55,56). The highest BCUT2D eigenvalue weighted by Gasteiger charge is 2.31. The summed E-state index contributed by atoms with van der Waals surface area (Å²) in [7, 11) is 0. The van der Waals surface area contributed by atoms with Crippen LogP contribution >= 0.6 is 0 Å². The molecule has 5 heterocycles. The average molecular weight is 751 g/mol. The normalized spacial score (nSPS) is 16.8. The maximum absolute atomic E-state index is 12.8. The van der Waals surface area contributed by atoms with E-state index in [1.807, 2.05) is 28.8 Å². The van der Waals surface area contributed by atoms with Gasteiger partial charge in [0.15, 0.2) is 5.82 Å². The summed E-state index contributed by atoms with van der Waals surface area (Å²) < 4.78 is 2.02. The smallest absolute Gasteiger partial charge is 0.249 e. The summed E-state index contributed by atoms with van der Waals surface area (Å²) in [5.41, 5.74) is 13.6. The maximum Gasteiger partial charge on any atom is 0.249 e. The van der Waals surface area contributed by atoms with Gasteiger partial charge in [-0.2, -0.15) is 0 Å². The van der Waals surface area contributed by atoms with Gasteiger partial charge in [-0.25, -0.2) is 4.98 Å². The minimum Gasteiger partial charge on any atom is -0.507 e. The van der Waals surface area contributed by atoms with E-state index in [-0.39, 0.29) is 17.6 Å². The number of nitrogens with two attached hydrogens (primary N) is 1. The molecular weight excluding hydrogens is 701 g/mol. The number of benzene rings is 3. The van der Waals surface area contributed by atoms with E-state index in [1.54, 1.807) is 18.3 Å². The molecule has 11 heteroatoms. The second-order valence-electron chi connectivity index (χ2n) is 15.3. The van der Waals surface area contributed by atoms with E-state index in [0.717, 1.165) is 78.6 Å². The number of fused-ring (bicyclic) bond motifs is 3. The van der Waals surface area contributed by atoms with Crippen LogP contribution in [0.2, 0.25) is 0 Å². The van der Waals surface area contributed by atoms with Crippen LogP contribution in [-0.4, -0.2) is 79.2 Å². The third-order valence-corrected chi connectivity index (χ3v) is 11.5. The summed E-state index contributed by atoms with van der Waals surface area (Å²) in [6, 6.07) is 27.7. The molecule has 6 aromatic rings. The number of aromatic hydroxyl groups is 1. The molecule has 0 bridgehead atoms. The van der Waals surface area contributed by atoms with Gasteiger partial charge in [-0.1, -0.05) is 68.1 Å². The van der Waals surface area contributed by atoms with Gasteiger partial charge in [-0.15, -0.1) is 10.2 Å². The van der Waals surface area contributed by atoms with E-state index in [0.29, 0.717) is 29.9 Å². The molecule has 56 heavy (non-hydrogen) atoms. The van der Waals surface area contributed by atoms with Crippen molar-refractivity contribution in [2.45, 2.75) is 70.4 Å². The second-order valence-corrected chi connectivity index (χ2v) is 15.3. The van der Waals surface area contributed by atoms with Crippen molar-refractivity contribution in [1.82, 2.24) is 34.9 Å². The first-order chi connectivity index (χ1) is 27.4.